The Balaban J connectivity index is 1.83. The zero-order chi connectivity index (χ0) is 11.6. The fourth-order valence-electron chi connectivity index (χ4n) is 2.69. The molecule has 0 aromatic rings. The van der Waals surface area contributed by atoms with Crippen molar-refractivity contribution in [1.82, 2.24) is 14.9 Å². The number of hydrogen-bond acceptors (Lipinski definition) is 4. The predicted octanol–water partition coefficient (Wildman–Crippen LogP) is -0.638. The molecule has 2 N–H and O–H groups in total. The third-order valence-electron chi connectivity index (χ3n) is 3.43. The second kappa shape index (κ2) is 5.00. The van der Waals surface area contributed by atoms with Crippen molar-refractivity contribution in [3.63, 3.8) is 0 Å². The lowest BCUT2D eigenvalue weighted by Crippen LogP contribution is -2.44. The molecule has 0 saturated carbocycles. The van der Waals surface area contributed by atoms with E-state index >= 15 is 0 Å². The minimum atomic E-state index is -3.05. The van der Waals surface area contributed by atoms with E-state index in [0.717, 1.165) is 32.6 Å². The summed E-state index contributed by atoms with van der Waals surface area (Å²) in [6.07, 6.45) is 4.55. The topological polar surface area (TPSA) is 61.4 Å². The van der Waals surface area contributed by atoms with Gasteiger partial charge in [-0.2, -0.15) is 0 Å². The van der Waals surface area contributed by atoms with Crippen LogP contribution in [-0.2, 0) is 10.0 Å². The highest BCUT2D eigenvalue weighted by Gasteiger charge is 2.30. The average Bonchev–Trinajstić information content (AvgIpc) is 2.65. The molecule has 0 amide bonds. The molecule has 0 radical (unpaired) electrons. The van der Waals surface area contributed by atoms with Crippen molar-refractivity contribution >= 4 is 10.0 Å². The Morgan fingerprint density at radius 3 is 2.56 bits per heavy atom. The van der Waals surface area contributed by atoms with Crippen molar-refractivity contribution in [3.8, 4) is 0 Å². The van der Waals surface area contributed by atoms with Crippen molar-refractivity contribution in [2.45, 2.75) is 31.3 Å². The third kappa shape index (κ3) is 3.41. The molecule has 5 nitrogen and oxygen atoms in total. The van der Waals surface area contributed by atoms with Gasteiger partial charge in [-0.15, -0.1) is 0 Å². The molecule has 1 unspecified atom stereocenters. The molecule has 2 rings (SSSR count). The molecule has 6 heteroatoms. The number of rotatable bonds is 3. The summed E-state index contributed by atoms with van der Waals surface area (Å²) in [5.41, 5.74) is 0. The minimum absolute atomic E-state index is 0.116. The molecular weight excluding hydrogens is 226 g/mol. The molecule has 2 heterocycles. The summed E-state index contributed by atoms with van der Waals surface area (Å²) in [4.78, 5) is 2.43. The van der Waals surface area contributed by atoms with Crippen LogP contribution in [0.3, 0.4) is 0 Å². The molecule has 2 aliphatic heterocycles. The molecule has 0 aromatic heterocycles. The zero-order valence-corrected chi connectivity index (χ0v) is 10.6. The number of hydrogen-bond donors (Lipinski definition) is 2. The Morgan fingerprint density at radius 1 is 1.25 bits per heavy atom. The number of sulfonamides is 1. The van der Waals surface area contributed by atoms with Crippen molar-refractivity contribution < 1.29 is 8.42 Å². The quantitative estimate of drug-likeness (QED) is 0.696. The van der Waals surface area contributed by atoms with Crippen LogP contribution in [0.5, 0.6) is 0 Å². The SMILES string of the molecule is CS(=O)(=O)NC1CCN(C2CCNCC2)C1. The van der Waals surface area contributed by atoms with Crippen molar-refractivity contribution in [2.24, 2.45) is 0 Å². The lowest BCUT2D eigenvalue weighted by atomic mass is 10.1. The second-order valence-electron chi connectivity index (χ2n) is 4.85. The Bertz CT molecular complexity index is 325. The highest BCUT2D eigenvalue weighted by atomic mass is 32.2. The smallest absolute Gasteiger partial charge is 0.208 e. The van der Waals surface area contributed by atoms with Crippen LogP contribution < -0.4 is 10.0 Å². The van der Waals surface area contributed by atoms with Crippen LogP contribution >= 0.6 is 0 Å². The summed E-state index contributed by atoms with van der Waals surface area (Å²) >= 11 is 0. The molecule has 16 heavy (non-hydrogen) atoms. The first-order chi connectivity index (χ1) is 7.54. The van der Waals surface area contributed by atoms with E-state index in [4.69, 9.17) is 0 Å². The van der Waals surface area contributed by atoms with Gasteiger partial charge in [0, 0.05) is 25.2 Å². The van der Waals surface area contributed by atoms with Gasteiger partial charge in [-0.25, -0.2) is 13.1 Å². The maximum atomic E-state index is 11.1. The summed E-state index contributed by atoms with van der Waals surface area (Å²) in [5, 5.41) is 3.35. The van der Waals surface area contributed by atoms with E-state index in [0.29, 0.717) is 6.04 Å². The van der Waals surface area contributed by atoms with Crippen LogP contribution in [0, 0.1) is 0 Å². The Hall–Kier alpha value is -0.170. The van der Waals surface area contributed by atoms with Gasteiger partial charge in [-0.3, -0.25) is 4.90 Å². The van der Waals surface area contributed by atoms with E-state index in [2.05, 4.69) is 14.9 Å². The molecule has 0 spiro atoms. The first-order valence-electron chi connectivity index (χ1n) is 5.97. The van der Waals surface area contributed by atoms with Crippen LogP contribution in [0.4, 0.5) is 0 Å². The van der Waals surface area contributed by atoms with Gasteiger partial charge in [0.15, 0.2) is 0 Å². The van der Waals surface area contributed by atoms with Gasteiger partial charge in [0.25, 0.3) is 0 Å². The van der Waals surface area contributed by atoms with Crippen molar-refractivity contribution in [1.29, 1.82) is 0 Å². The fraction of sp³-hybridized carbons (Fsp3) is 1.00. The summed E-state index contributed by atoms with van der Waals surface area (Å²) in [7, 11) is -3.05. The van der Waals surface area contributed by atoms with E-state index in [1.165, 1.54) is 19.1 Å². The van der Waals surface area contributed by atoms with Gasteiger partial charge >= 0.3 is 0 Å². The largest absolute Gasteiger partial charge is 0.317 e. The molecule has 0 aromatic carbocycles. The van der Waals surface area contributed by atoms with Crippen LogP contribution in [0.1, 0.15) is 19.3 Å². The summed E-state index contributed by atoms with van der Waals surface area (Å²) < 4.78 is 25.0. The summed E-state index contributed by atoms with van der Waals surface area (Å²) in [6, 6.07) is 0.762. The first kappa shape index (κ1) is 12.3. The monoisotopic (exact) mass is 247 g/mol. The predicted molar refractivity (Wildman–Crippen MR) is 63.8 cm³/mol. The average molecular weight is 247 g/mol. The zero-order valence-electron chi connectivity index (χ0n) is 9.78. The van der Waals surface area contributed by atoms with E-state index < -0.39 is 10.0 Å². The summed E-state index contributed by atoms with van der Waals surface area (Å²) in [5.74, 6) is 0. The van der Waals surface area contributed by atoms with Gasteiger partial charge in [0.05, 0.1) is 6.26 Å². The van der Waals surface area contributed by atoms with Gasteiger partial charge in [0.1, 0.15) is 0 Å². The van der Waals surface area contributed by atoms with Crippen LogP contribution in [-0.4, -0.2) is 57.8 Å². The van der Waals surface area contributed by atoms with Gasteiger partial charge in [0.2, 0.25) is 10.0 Å². The molecule has 2 fully saturated rings. The number of likely N-dealkylation sites (tertiary alicyclic amines) is 1. The highest BCUT2D eigenvalue weighted by Crippen LogP contribution is 2.18. The molecule has 2 aliphatic rings. The van der Waals surface area contributed by atoms with Crippen molar-refractivity contribution in [2.75, 3.05) is 32.4 Å². The first-order valence-corrected chi connectivity index (χ1v) is 7.86. The Morgan fingerprint density at radius 2 is 1.94 bits per heavy atom. The third-order valence-corrected chi connectivity index (χ3v) is 4.19. The number of piperidine rings is 1. The van der Waals surface area contributed by atoms with Crippen LogP contribution in [0.15, 0.2) is 0 Å². The Kier molecular flexibility index (Phi) is 3.84. The van der Waals surface area contributed by atoms with Gasteiger partial charge < -0.3 is 5.32 Å². The van der Waals surface area contributed by atoms with Gasteiger partial charge in [-0.05, 0) is 32.4 Å². The van der Waals surface area contributed by atoms with E-state index in [9.17, 15) is 8.42 Å². The normalized spacial score (nSPS) is 29.7. The molecule has 0 bridgehead atoms. The minimum Gasteiger partial charge on any atom is -0.317 e. The number of nitrogens with one attached hydrogen (secondary N) is 2. The van der Waals surface area contributed by atoms with Gasteiger partial charge in [-0.1, -0.05) is 0 Å². The van der Waals surface area contributed by atoms with E-state index in [1.54, 1.807) is 0 Å². The second-order valence-corrected chi connectivity index (χ2v) is 6.63. The lowest BCUT2D eigenvalue weighted by Gasteiger charge is -2.31. The fourth-order valence-corrected chi connectivity index (χ4v) is 3.49. The highest BCUT2D eigenvalue weighted by molar-refractivity contribution is 7.88. The Labute approximate surface area is 97.6 Å². The van der Waals surface area contributed by atoms with Crippen molar-refractivity contribution in [3.05, 3.63) is 0 Å². The molecule has 2 saturated heterocycles. The molecule has 94 valence electrons. The summed E-state index contributed by atoms with van der Waals surface area (Å²) in [6.45, 7) is 4.08. The van der Waals surface area contributed by atoms with Crippen LogP contribution in [0.2, 0.25) is 0 Å². The maximum Gasteiger partial charge on any atom is 0.208 e. The maximum absolute atomic E-state index is 11.1. The molecule has 1 atom stereocenters. The van der Waals surface area contributed by atoms with E-state index in [1.807, 2.05) is 0 Å². The number of nitrogens with zero attached hydrogens (tertiary/aromatic N) is 1. The van der Waals surface area contributed by atoms with E-state index in [-0.39, 0.29) is 6.04 Å². The lowest BCUT2D eigenvalue weighted by molar-refractivity contribution is 0.196. The molecule has 0 aliphatic carbocycles. The molecular formula is C10H21N3O2S. The van der Waals surface area contributed by atoms with Crippen LogP contribution in [0.25, 0.3) is 0 Å². The standard InChI is InChI=1S/C10H21N3O2S/c1-16(14,15)12-9-4-7-13(8-9)10-2-5-11-6-3-10/h9-12H,2-8H2,1H3.